The molecular weight excluding hydrogens is 531 g/mol. The van der Waals surface area contributed by atoms with E-state index in [-0.39, 0.29) is 29.0 Å². The third-order valence-corrected chi connectivity index (χ3v) is 7.91. The first-order valence-electron chi connectivity index (χ1n) is 12.3. The van der Waals surface area contributed by atoms with Crippen LogP contribution in [0.4, 0.5) is 13.2 Å². The molecule has 196 valence electrons. The summed E-state index contributed by atoms with van der Waals surface area (Å²) in [5, 5.41) is 11.8. The Morgan fingerprint density at radius 1 is 1.10 bits per heavy atom. The average Bonchev–Trinajstić information content (AvgIpc) is 3.25. The number of hydrogen-bond acceptors (Lipinski definition) is 6. The van der Waals surface area contributed by atoms with Gasteiger partial charge >= 0.3 is 6.18 Å². The Bertz CT molecular complexity index is 1780. The van der Waals surface area contributed by atoms with Crippen LogP contribution in [-0.2, 0) is 6.18 Å². The van der Waals surface area contributed by atoms with Gasteiger partial charge in [0.2, 0.25) is 0 Å². The molecule has 3 aliphatic rings. The Balaban J connectivity index is 1.22. The number of aromatic nitrogens is 6. The lowest BCUT2D eigenvalue weighted by Crippen LogP contribution is -2.30. The lowest BCUT2D eigenvalue weighted by Gasteiger charge is -2.19. The van der Waals surface area contributed by atoms with Crippen molar-refractivity contribution in [1.29, 1.82) is 0 Å². The Hall–Kier alpha value is -4.12. The molecule has 0 spiro atoms. The number of benzene rings is 2. The number of halogens is 4. The van der Waals surface area contributed by atoms with Crippen molar-refractivity contribution >= 4 is 22.9 Å². The van der Waals surface area contributed by atoms with E-state index in [0.29, 0.717) is 45.3 Å². The Labute approximate surface area is 224 Å². The molecule has 0 saturated heterocycles. The molecule has 2 aliphatic heterocycles. The van der Waals surface area contributed by atoms with E-state index in [9.17, 15) is 18.0 Å². The third-order valence-electron chi connectivity index (χ3n) is 7.68. The lowest BCUT2D eigenvalue weighted by atomic mass is 9.95. The Kier molecular flexibility index (Phi) is 5.18. The summed E-state index contributed by atoms with van der Waals surface area (Å²) in [4.78, 5) is 23.0. The predicted octanol–water partition coefficient (Wildman–Crippen LogP) is 5.41. The van der Waals surface area contributed by atoms with Crippen molar-refractivity contribution in [2.75, 3.05) is 0 Å². The predicted molar refractivity (Wildman–Crippen MR) is 138 cm³/mol. The van der Waals surface area contributed by atoms with Crippen molar-refractivity contribution in [3.05, 3.63) is 92.9 Å². The van der Waals surface area contributed by atoms with Crippen molar-refractivity contribution in [2.45, 2.75) is 37.9 Å². The number of hydrogen-bond donors (Lipinski definition) is 0. The molecule has 1 saturated carbocycles. The molecule has 0 bridgehead atoms. The van der Waals surface area contributed by atoms with E-state index in [2.05, 4.69) is 20.5 Å². The second-order valence-electron chi connectivity index (χ2n) is 10.1. The summed E-state index contributed by atoms with van der Waals surface area (Å²) in [6.45, 7) is 1.45. The number of aliphatic imine (C=N–C) groups is 1. The first kappa shape index (κ1) is 24.0. The molecule has 2 aromatic carbocycles. The maximum Gasteiger partial charge on any atom is 0.416 e. The molecule has 4 aromatic rings. The monoisotopic (exact) mass is 549 g/mol. The van der Waals surface area contributed by atoms with Crippen LogP contribution in [0, 0.1) is 12.8 Å². The van der Waals surface area contributed by atoms with Crippen LogP contribution in [0.25, 0.3) is 22.5 Å². The second-order valence-corrected chi connectivity index (χ2v) is 10.5. The van der Waals surface area contributed by atoms with Gasteiger partial charge in [0, 0.05) is 40.9 Å². The lowest BCUT2D eigenvalue weighted by molar-refractivity contribution is -0.138. The standard InChI is InChI=1S/C27H19ClF3N7O/c1-13-2-3-14(6-20(13)27(29,30)31)15-7-22(32-11-15)25-17-9-18(17)26-34-21(10-24(39)38(25)26)19-8-16(28)4-5-23(19)37-12-33-35-36-37/h2-6,8,10-12,17-18,25H,7,9H2,1H3. The highest BCUT2D eigenvalue weighted by Crippen LogP contribution is 2.59. The van der Waals surface area contributed by atoms with Crippen molar-refractivity contribution in [3.8, 4) is 16.9 Å². The molecule has 39 heavy (non-hydrogen) atoms. The van der Waals surface area contributed by atoms with Gasteiger partial charge in [0.05, 0.1) is 23.0 Å². The Morgan fingerprint density at radius 2 is 1.95 bits per heavy atom. The van der Waals surface area contributed by atoms with Gasteiger partial charge in [-0.25, -0.2) is 4.98 Å². The molecular formula is C27H19ClF3N7O. The van der Waals surface area contributed by atoms with Gasteiger partial charge in [-0.2, -0.15) is 17.9 Å². The number of alkyl halides is 3. The van der Waals surface area contributed by atoms with Gasteiger partial charge < -0.3 is 0 Å². The van der Waals surface area contributed by atoms with Crippen molar-refractivity contribution in [1.82, 2.24) is 29.8 Å². The normalized spacial score (nSPS) is 21.4. The zero-order valence-electron chi connectivity index (χ0n) is 20.4. The van der Waals surface area contributed by atoms with E-state index in [1.165, 1.54) is 36.1 Å². The highest BCUT2D eigenvalue weighted by Gasteiger charge is 2.55. The number of fused-ring (bicyclic) bond motifs is 3. The molecule has 3 atom stereocenters. The van der Waals surface area contributed by atoms with Gasteiger partial charge in [0.1, 0.15) is 12.2 Å². The number of nitrogens with zero attached hydrogens (tertiary/aromatic N) is 7. The first-order chi connectivity index (χ1) is 18.7. The molecule has 8 nitrogen and oxygen atoms in total. The van der Waals surface area contributed by atoms with Crippen LogP contribution in [0.2, 0.25) is 5.02 Å². The van der Waals surface area contributed by atoms with Crippen LogP contribution in [0.5, 0.6) is 0 Å². The van der Waals surface area contributed by atoms with Gasteiger partial charge in [-0.1, -0.05) is 23.7 Å². The minimum absolute atomic E-state index is 0.112. The van der Waals surface area contributed by atoms with Gasteiger partial charge in [0.25, 0.3) is 5.56 Å². The van der Waals surface area contributed by atoms with Crippen LogP contribution >= 0.6 is 11.6 Å². The minimum Gasteiger partial charge on any atom is -0.287 e. The van der Waals surface area contributed by atoms with E-state index in [1.807, 2.05) is 0 Å². The fourth-order valence-electron chi connectivity index (χ4n) is 5.75. The maximum absolute atomic E-state index is 13.5. The molecule has 4 heterocycles. The van der Waals surface area contributed by atoms with Crippen molar-refractivity contribution in [2.24, 2.45) is 10.9 Å². The van der Waals surface area contributed by atoms with Crippen LogP contribution < -0.4 is 5.56 Å². The fourth-order valence-corrected chi connectivity index (χ4v) is 5.93. The molecule has 12 heteroatoms. The summed E-state index contributed by atoms with van der Waals surface area (Å²) in [6.07, 6.45) is -0.119. The number of allylic oxidation sites excluding steroid dienone is 1. The van der Waals surface area contributed by atoms with E-state index in [4.69, 9.17) is 16.6 Å². The summed E-state index contributed by atoms with van der Waals surface area (Å²) in [5.74, 6) is 0.969. The smallest absolute Gasteiger partial charge is 0.287 e. The van der Waals surface area contributed by atoms with Crippen LogP contribution in [0.15, 0.2) is 64.8 Å². The average molecular weight is 550 g/mol. The van der Waals surface area contributed by atoms with Gasteiger partial charge in [0.15, 0.2) is 0 Å². The summed E-state index contributed by atoms with van der Waals surface area (Å²) in [5.41, 5.74) is 2.96. The van der Waals surface area contributed by atoms with Crippen LogP contribution in [0.1, 0.15) is 47.3 Å². The number of rotatable bonds is 4. The van der Waals surface area contributed by atoms with Gasteiger partial charge in [-0.05, 0) is 70.7 Å². The third kappa shape index (κ3) is 3.91. The summed E-state index contributed by atoms with van der Waals surface area (Å²) < 4.78 is 43.6. The van der Waals surface area contributed by atoms with Crippen molar-refractivity contribution < 1.29 is 13.2 Å². The zero-order valence-corrected chi connectivity index (χ0v) is 21.1. The SMILES string of the molecule is Cc1ccc(C2=CN=C(C3C4CC4c4nc(-c5cc(Cl)ccc5-n5cnnn5)cc(=O)n43)C2)cc1C(F)(F)F. The van der Waals surface area contributed by atoms with E-state index >= 15 is 0 Å². The number of tetrazole rings is 1. The highest BCUT2D eigenvalue weighted by molar-refractivity contribution is 6.31. The number of aryl methyl sites for hydroxylation is 1. The highest BCUT2D eigenvalue weighted by atomic mass is 35.5. The van der Waals surface area contributed by atoms with E-state index in [0.717, 1.165) is 12.1 Å². The molecule has 0 amide bonds. The molecule has 1 aliphatic carbocycles. The quantitative estimate of drug-likeness (QED) is 0.339. The topological polar surface area (TPSA) is 90.8 Å². The summed E-state index contributed by atoms with van der Waals surface area (Å²) >= 11 is 6.28. The fraction of sp³-hybridized carbons (Fsp3) is 0.259. The largest absolute Gasteiger partial charge is 0.416 e. The molecule has 1 fully saturated rings. The summed E-state index contributed by atoms with van der Waals surface area (Å²) in [7, 11) is 0. The van der Waals surface area contributed by atoms with Gasteiger partial charge in [-0.3, -0.25) is 14.4 Å². The van der Waals surface area contributed by atoms with Crippen molar-refractivity contribution in [3.63, 3.8) is 0 Å². The first-order valence-corrected chi connectivity index (χ1v) is 12.7. The van der Waals surface area contributed by atoms with E-state index in [1.54, 1.807) is 35.0 Å². The zero-order chi connectivity index (χ0) is 27.1. The second kappa shape index (κ2) is 8.44. The molecule has 7 rings (SSSR count). The molecule has 3 unspecified atom stereocenters. The minimum atomic E-state index is -4.43. The molecule has 2 aromatic heterocycles. The molecule has 0 radical (unpaired) electrons. The van der Waals surface area contributed by atoms with Gasteiger partial charge in [-0.15, -0.1) is 5.10 Å². The van der Waals surface area contributed by atoms with Crippen LogP contribution in [0.3, 0.4) is 0 Å². The Morgan fingerprint density at radius 3 is 2.72 bits per heavy atom. The maximum atomic E-state index is 13.5. The molecule has 0 N–H and O–H groups in total. The summed E-state index contributed by atoms with van der Waals surface area (Å²) in [6, 6.07) is 10.7. The van der Waals surface area contributed by atoms with Crippen LogP contribution in [-0.4, -0.2) is 35.5 Å². The van der Waals surface area contributed by atoms with E-state index < -0.39 is 11.7 Å².